The van der Waals surface area contributed by atoms with Crippen LogP contribution in [-0.2, 0) is 9.53 Å². The summed E-state index contributed by atoms with van der Waals surface area (Å²) in [7, 11) is 1.69. The van der Waals surface area contributed by atoms with Crippen molar-refractivity contribution in [2.75, 3.05) is 39.9 Å². The van der Waals surface area contributed by atoms with Crippen LogP contribution in [0.25, 0.3) is 0 Å². The fraction of sp³-hybridized carbons (Fsp3) is 0.900. The second kappa shape index (κ2) is 6.79. The Labute approximate surface area is 85.6 Å². The molecule has 0 radical (unpaired) electrons. The number of likely N-dealkylation sites (tertiary alicyclic amines) is 1. The van der Waals surface area contributed by atoms with Crippen LogP contribution in [0.5, 0.6) is 0 Å². The molecule has 1 heterocycles. The number of hydrogen-bond acceptors (Lipinski definition) is 3. The summed E-state index contributed by atoms with van der Waals surface area (Å²) in [5, 5.41) is 3.24. The Hall–Kier alpha value is -0.610. The molecule has 1 rings (SSSR count). The average molecular weight is 200 g/mol. The Bertz CT molecular complexity index is 174. The van der Waals surface area contributed by atoms with Gasteiger partial charge in [-0.3, -0.25) is 4.79 Å². The number of piperidine rings is 1. The first kappa shape index (κ1) is 11.5. The summed E-state index contributed by atoms with van der Waals surface area (Å²) in [4.78, 5) is 13.3. The van der Waals surface area contributed by atoms with Crippen molar-refractivity contribution in [3.63, 3.8) is 0 Å². The van der Waals surface area contributed by atoms with E-state index in [1.165, 1.54) is 0 Å². The molecule has 0 aliphatic carbocycles. The summed E-state index contributed by atoms with van der Waals surface area (Å²) in [6.07, 6.45) is 2.95. The largest absolute Gasteiger partial charge is 0.383 e. The van der Waals surface area contributed by atoms with Crippen molar-refractivity contribution in [3.05, 3.63) is 0 Å². The van der Waals surface area contributed by atoms with Gasteiger partial charge in [0, 0.05) is 39.7 Å². The maximum atomic E-state index is 11.4. The van der Waals surface area contributed by atoms with Crippen LogP contribution in [0.15, 0.2) is 0 Å². The number of amides is 1. The summed E-state index contributed by atoms with van der Waals surface area (Å²) in [5.74, 6) is 0.310. The summed E-state index contributed by atoms with van der Waals surface area (Å²) in [5.41, 5.74) is 0. The smallest absolute Gasteiger partial charge is 0.222 e. The van der Waals surface area contributed by atoms with Crippen LogP contribution < -0.4 is 5.32 Å². The molecule has 0 bridgehead atoms. The van der Waals surface area contributed by atoms with E-state index in [2.05, 4.69) is 5.32 Å². The van der Waals surface area contributed by atoms with E-state index in [1.54, 1.807) is 7.11 Å². The second-order valence-electron chi connectivity index (χ2n) is 3.58. The molecular weight excluding hydrogens is 180 g/mol. The highest BCUT2D eigenvalue weighted by atomic mass is 16.5. The van der Waals surface area contributed by atoms with Crippen molar-refractivity contribution < 1.29 is 9.53 Å². The molecule has 82 valence electrons. The molecule has 1 amide bonds. The van der Waals surface area contributed by atoms with E-state index in [4.69, 9.17) is 4.74 Å². The number of nitrogens with zero attached hydrogens (tertiary/aromatic N) is 1. The molecule has 0 spiro atoms. The maximum absolute atomic E-state index is 11.4. The monoisotopic (exact) mass is 200 g/mol. The second-order valence-corrected chi connectivity index (χ2v) is 3.58. The van der Waals surface area contributed by atoms with Gasteiger partial charge in [0.05, 0.1) is 6.61 Å². The predicted octanol–water partition coefficient (Wildman–Crippen LogP) is 0.235. The van der Waals surface area contributed by atoms with Gasteiger partial charge in [-0.25, -0.2) is 0 Å². The standard InChI is InChI=1S/C10H20N2O2/c1-14-9-6-11-5-8-12-7-3-2-4-10(12)13/h11H,2-9H2,1H3. The third-order valence-electron chi connectivity index (χ3n) is 2.46. The van der Waals surface area contributed by atoms with Crippen LogP contribution in [0.3, 0.4) is 0 Å². The molecule has 0 aromatic heterocycles. The molecule has 1 N–H and O–H groups in total. The molecule has 0 unspecified atom stereocenters. The third-order valence-corrected chi connectivity index (χ3v) is 2.46. The van der Waals surface area contributed by atoms with Crippen LogP contribution >= 0.6 is 0 Å². The highest BCUT2D eigenvalue weighted by Gasteiger charge is 2.16. The normalized spacial score (nSPS) is 17.5. The van der Waals surface area contributed by atoms with Gasteiger partial charge in [-0.2, -0.15) is 0 Å². The minimum atomic E-state index is 0.310. The maximum Gasteiger partial charge on any atom is 0.222 e. The molecule has 1 saturated heterocycles. The first-order valence-electron chi connectivity index (χ1n) is 5.32. The number of nitrogens with one attached hydrogen (secondary N) is 1. The predicted molar refractivity (Wildman–Crippen MR) is 55.2 cm³/mol. The highest BCUT2D eigenvalue weighted by Crippen LogP contribution is 2.09. The van der Waals surface area contributed by atoms with Crippen LogP contribution in [0, 0.1) is 0 Å². The fourth-order valence-electron chi connectivity index (χ4n) is 1.61. The zero-order valence-corrected chi connectivity index (χ0v) is 8.92. The minimum absolute atomic E-state index is 0.310. The Morgan fingerprint density at radius 2 is 2.29 bits per heavy atom. The molecule has 0 saturated carbocycles. The van der Waals surface area contributed by atoms with E-state index in [-0.39, 0.29) is 0 Å². The first-order valence-corrected chi connectivity index (χ1v) is 5.32. The van der Waals surface area contributed by atoms with Crippen molar-refractivity contribution in [2.45, 2.75) is 19.3 Å². The molecule has 1 fully saturated rings. The average Bonchev–Trinajstić information content (AvgIpc) is 2.20. The Morgan fingerprint density at radius 1 is 1.43 bits per heavy atom. The lowest BCUT2D eigenvalue weighted by atomic mass is 10.1. The van der Waals surface area contributed by atoms with Gasteiger partial charge in [0.1, 0.15) is 0 Å². The first-order chi connectivity index (χ1) is 6.84. The van der Waals surface area contributed by atoms with Crippen molar-refractivity contribution in [1.29, 1.82) is 0 Å². The van der Waals surface area contributed by atoms with Gasteiger partial charge in [-0.05, 0) is 12.8 Å². The highest BCUT2D eigenvalue weighted by molar-refractivity contribution is 5.76. The fourth-order valence-corrected chi connectivity index (χ4v) is 1.61. The molecule has 0 aromatic carbocycles. The van der Waals surface area contributed by atoms with Crippen LogP contribution in [-0.4, -0.2) is 50.7 Å². The Kier molecular flexibility index (Phi) is 5.56. The van der Waals surface area contributed by atoms with Gasteiger partial charge in [-0.1, -0.05) is 0 Å². The summed E-state index contributed by atoms with van der Waals surface area (Å²) in [6, 6.07) is 0. The van der Waals surface area contributed by atoms with E-state index in [0.29, 0.717) is 5.91 Å². The van der Waals surface area contributed by atoms with E-state index < -0.39 is 0 Å². The molecule has 4 nitrogen and oxygen atoms in total. The van der Waals surface area contributed by atoms with Crippen molar-refractivity contribution >= 4 is 5.91 Å². The van der Waals surface area contributed by atoms with Crippen LogP contribution in [0.4, 0.5) is 0 Å². The molecular formula is C10H20N2O2. The van der Waals surface area contributed by atoms with E-state index >= 15 is 0 Å². The zero-order chi connectivity index (χ0) is 10.2. The number of methoxy groups -OCH3 is 1. The number of carbonyl (C=O) groups is 1. The zero-order valence-electron chi connectivity index (χ0n) is 8.92. The van der Waals surface area contributed by atoms with Crippen molar-refractivity contribution in [3.8, 4) is 0 Å². The molecule has 14 heavy (non-hydrogen) atoms. The van der Waals surface area contributed by atoms with Crippen molar-refractivity contribution in [2.24, 2.45) is 0 Å². The lowest BCUT2D eigenvalue weighted by Crippen LogP contribution is -2.40. The number of carbonyl (C=O) groups excluding carboxylic acids is 1. The quantitative estimate of drug-likeness (QED) is 0.624. The molecule has 4 heteroatoms. The molecule has 1 aliphatic heterocycles. The topological polar surface area (TPSA) is 41.6 Å². The Balaban J connectivity index is 2.02. The molecule has 1 aliphatic rings. The number of ether oxygens (including phenoxy) is 1. The van der Waals surface area contributed by atoms with Gasteiger partial charge < -0.3 is 15.0 Å². The van der Waals surface area contributed by atoms with Gasteiger partial charge in [0.2, 0.25) is 5.91 Å². The number of hydrogen-bond donors (Lipinski definition) is 1. The van der Waals surface area contributed by atoms with Gasteiger partial charge >= 0.3 is 0 Å². The molecule has 0 atom stereocenters. The summed E-state index contributed by atoms with van der Waals surface area (Å²) < 4.78 is 4.91. The minimum Gasteiger partial charge on any atom is -0.383 e. The van der Waals surface area contributed by atoms with Crippen LogP contribution in [0.1, 0.15) is 19.3 Å². The van der Waals surface area contributed by atoms with Gasteiger partial charge in [0.15, 0.2) is 0 Å². The lowest BCUT2D eigenvalue weighted by molar-refractivity contribution is -0.133. The van der Waals surface area contributed by atoms with E-state index in [0.717, 1.165) is 52.0 Å². The SMILES string of the molecule is COCCNCCN1CCCCC1=O. The lowest BCUT2D eigenvalue weighted by Gasteiger charge is -2.26. The molecule has 0 aromatic rings. The van der Waals surface area contributed by atoms with Gasteiger partial charge in [0.25, 0.3) is 0 Å². The van der Waals surface area contributed by atoms with Crippen molar-refractivity contribution in [1.82, 2.24) is 10.2 Å². The number of rotatable bonds is 6. The van der Waals surface area contributed by atoms with Gasteiger partial charge in [-0.15, -0.1) is 0 Å². The third kappa shape index (κ3) is 4.07. The summed E-state index contributed by atoms with van der Waals surface area (Å²) >= 11 is 0. The Morgan fingerprint density at radius 3 is 3.00 bits per heavy atom. The van der Waals surface area contributed by atoms with E-state index in [1.807, 2.05) is 4.90 Å². The summed E-state index contributed by atoms with van der Waals surface area (Å²) in [6.45, 7) is 4.23. The van der Waals surface area contributed by atoms with Crippen LogP contribution in [0.2, 0.25) is 0 Å². The van der Waals surface area contributed by atoms with E-state index in [9.17, 15) is 4.79 Å².